The average molecular weight is 576 g/mol. The normalized spacial score (nSPS) is 11.9. The van der Waals surface area contributed by atoms with Crippen LogP contribution in [0.3, 0.4) is 0 Å². The summed E-state index contributed by atoms with van der Waals surface area (Å²) in [6, 6.07) is 16.4. The summed E-state index contributed by atoms with van der Waals surface area (Å²) in [5.41, 5.74) is -0.661. The summed E-state index contributed by atoms with van der Waals surface area (Å²) in [5.74, 6) is 0.0599. The number of esters is 1. The average Bonchev–Trinajstić information content (AvgIpc) is 2.91. The van der Waals surface area contributed by atoms with Crippen LogP contribution in [0.5, 0.6) is 5.75 Å². The van der Waals surface area contributed by atoms with E-state index in [0.717, 1.165) is 15.7 Å². The second kappa shape index (κ2) is 14.1. The van der Waals surface area contributed by atoms with E-state index in [4.69, 9.17) is 9.47 Å². The fourth-order valence-electron chi connectivity index (χ4n) is 4.29. The molecule has 0 amide bonds. The lowest BCUT2D eigenvalue weighted by Gasteiger charge is -2.24. The molecule has 3 aromatic rings. The van der Waals surface area contributed by atoms with Crippen molar-refractivity contribution < 1.29 is 27.4 Å². The van der Waals surface area contributed by atoms with Crippen LogP contribution in [0.4, 0.5) is 13.2 Å². The fraction of sp³-hybridized carbons (Fsp3) is 0.467. The Morgan fingerprint density at radius 3 is 2.32 bits per heavy atom. The van der Waals surface area contributed by atoms with Crippen molar-refractivity contribution in [3.05, 3.63) is 92.3 Å². The summed E-state index contributed by atoms with van der Waals surface area (Å²) in [5, 5.41) is 4.30. The Morgan fingerprint density at radius 2 is 1.63 bits per heavy atom. The summed E-state index contributed by atoms with van der Waals surface area (Å²) >= 11 is 0. The summed E-state index contributed by atoms with van der Waals surface area (Å²) in [6.07, 6.45) is -3.83. The van der Waals surface area contributed by atoms with Crippen LogP contribution >= 0.6 is 0 Å². The zero-order valence-electron chi connectivity index (χ0n) is 23.6. The van der Waals surface area contributed by atoms with Crippen molar-refractivity contribution in [2.24, 2.45) is 0 Å². The Hall–Kier alpha value is -3.89. The number of nitrogens with zero attached hydrogens (tertiary/aromatic N) is 3. The van der Waals surface area contributed by atoms with Crippen LogP contribution in [0, 0.1) is 0 Å². The predicted octanol–water partition coefficient (Wildman–Crippen LogP) is 5.08. The van der Waals surface area contributed by atoms with Gasteiger partial charge < -0.3 is 9.47 Å². The van der Waals surface area contributed by atoms with Gasteiger partial charge in [-0.05, 0) is 69.7 Å². The van der Waals surface area contributed by atoms with Crippen LogP contribution in [0.2, 0.25) is 0 Å². The number of hydrogen-bond donors (Lipinski definition) is 0. The van der Waals surface area contributed by atoms with Gasteiger partial charge in [0.1, 0.15) is 11.4 Å². The van der Waals surface area contributed by atoms with Crippen molar-refractivity contribution in [1.29, 1.82) is 0 Å². The predicted molar refractivity (Wildman–Crippen MR) is 148 cm³/mol. The Morgan fingerprint density at radius 1 is 0.927 bits per heavy atom. The van der Waals surface area contributed by atoms with E-state index < -0.39 is 35.4 Å². The second-order valence-electron chi connectivity index (χ2n) is 10.2. The van der Waals surface area contributed by atoms with Crippen LogP contribution in [0.1, 0.15) is 63.3 Å². The highest BCUT2D eigenvalue weighted by atomic mass is 19.4. The molecule has 1 heterocycles. The zero-order chi connectivity index (χ0) is 30.0. The SMILES string of the molecule is CCOC(=O)C(C)(C)Oc1cccc(CCCCn2nc(Cc3ccccc3)c(=O)n(CCCC(F)(F)F)c2=O)c1. The molecule has 0 unspecified atom stereocenters. The van der Waals surface area contributed by atoms with Crippen molar-refractivity contribution >= 4 is 5.97 Å². The molecule has 0 saturated carbocycles. The van der Waals surface area contributed by atoms with Crippen LogP contribution in [-0.4, -0.2) is 38.7 Å². The van der Waals surface area contributed by atoms with Gasteiger partial charge in [0.2, 0.25) is 0 Å². The van der Waals surface area contributed by atoms with Gasteiger partial charge in [-0.25, -0.2) is 14.3 Å². The zero-order valence-corrected chi connectivity index (χ0v) is 23.6. The van der Waals surface area contributed by atoms with Gasteiger partial charge in [0.05, 0.1) is 6.61 Å². The molecule has 0 aliphatic rings. The topological polar surface area (TPSA) is 92.4 Å². The van der Waals surface area contributed by atoms with Crippen LogP contribution in [-0.2, 0) is 35.5 Å². The number of hydrogen-bond acceptors (Lipinski definition) is 6. The van der Waals surface area contributed by atoms with Gasteiger partial charge in [-0.15, -0.1) is 0 Å². The van der Waals surface area contributed by atoms with Gasteiger partial charge in [-0.3, -0.25) is 9.36 Å². The minimum Gasteiger partial charge on any atom is -0.476 e. The van der Waals surface area contributed by atoms with E-state index in [9.17, 15) is 27.6 Å². The smallest absolute Gasteiger partial charge is 0.389 e. The van der Waals surface area contributed by atoms with Gasteiger partial charge in [-0.1, -0.05) is 42.5 Å². The van der Waals surface area contributed by atoms with Crippen molar-refractivity contribution in [1.82, 2.24) is 14.3 Å². The number of aryl methyl sites for hydroxylation is 2. The number of alkyl halides is 3. The molecule has 3 rings (SSSR count). The first kappa shape index (κ1) is 31.6. The van der Waals surface area contributed by atoms with Crippen LogP contribution < -0.4 is 16.0 Å². The summed E-state index contributed by atoms with van der Waals surface area (Å²) in [6.45, 7) is 5.12. The van der Waals surface area contributed by atoms with Gasteiger partial charge in [0.25, 0.3) is 5.56 Å². The summed E-state index contributed by atoms with van der Waals surface area (Å²) < 4.78 is 51.1. The number of aromatic nitrogens is 3. The van der Waals surface area contributed by atoms with Crippen LogP contribution in [0.15, 0.2) is 64.2 Å². The molecule has 11 heteroatoms. The Kier molecular flexibility index (Phi) is 10.9. The molecule has 41 heavy (non-hydrogen) atoms. The molecule has 0 N–H and O–H groups in total. The van der Waals surface area contributed by atoms with Crippen molar-refractivity contribution in [3.63, 3.8) is 0 Å². The third-order valence-electron chi connectivity index (χ3n) is 6.37. The summed E-state index contributed by atoms with van der Waals surface area (Å²) in [4.78, 5) is 38.2. The first-order valence-corrected chi connectivity index (χ1v) is 13.7. The highest BCUT2D eigenvalue weighted by Gasteiger charge is 2.31. The maximum Gasteiger partial charge on any atom is 0.389 e. The standard InChI is InChI=1S/C30H36F3N3O5/c1-4-40-27(38)29(2,3)41-24-16-10-15-22(20-24)14-8-9-19-36-28(39)35(18-11-17-30(31,32)33)26(37)25(34-36)21-23-12-6-5-7-13-23/h5-7,10,12-13,15-16,20H,4,8-9,11,14,17-19,21H2,1-3H3. The van der Waals surface area contributed by atoms with Gasteiger partial charge in [-0.2, -0.15) is 18.3 Å². The van der Waals surface area contributed by atoms with E-state index in [1.54, 1.807) is 26.8 Å². The van der Waals surface area contributed by atoms with E-state index in [-0.39, 0.29) is 38.2 Å². The van der Waals surface area contributed by atoms with E-state index in [0.29, 0.717) is 25.0 Å². The molecule has 0 spiro atoms. The van der Waals surface area contributed by atoms with E-state index in [1.807, 2.05) is 48.5 Å². The van der Waals surface area contributed by atoms with Crippen molar-refractivity contribution in [2.75, 3.05) is 6.61 Å². The Balaban J connectivity index is 1.70. The lowest BCUT2D eigenvalue weighted by atomic mass is 10.1. The maximum atomic E-state index is 13.0. The fourth-order valence-corrected chi connectivity index (χ4v) is 4.29. The molecule has 0 aliphatic carbocycles. The second-order valence-corrected chi connectivity index (χ2v) is 10.2. The van der Waals surface area contributed by atoms with E-state index >= 15 is 0 Å². The molecule has 0 bridgehead atoms. The molecule has 8 nitrogen and oxygen atoms in total. The molecule has 2 aromatic carbocycles. The lowest BCUT2D eigenvalue weighted by molar-refractivity contribution is -0.158. The number of halogens is 3. The van der Waals surface area contributed by atoms with Crippen LogP contribution in [0.25, 0.3) is 0 Å². The Labute approximate surface area is 236 Å². The van der Waals surface area contributed by atoms with Crippen molar-refractivity contribution in [3.8, 4) is 5.75 Å². The highest BCUT2D eigenvalue weighted by molar-refractivity contribution is 5.79. The van der Waals surface area contributed by atoms with Crippen molar-refractivity contribution in [2.45, 2.75) is 84.2 Å². The van der Waals surface area contributed by atoms with Gasteiger partial charge >= 0.3 is 17.8 Å². The molecule has 0 aliphatic heterocycles. The highest BCUT2D eigenvalue weighted by Crippen LogP contribution is 2.22. The molecule has 0 saturated heterocycles. The molecule has 222 valence electrons. The number of benzene rings is 2. The molecular formula is C30H36F3N3O5. The minimum absolute atomic E-state index is 0.108. The van der Waals surface area contributed by atoms with Gasteiger partial charge in [0, 0.05) is 25.9 Å². The van der Waals surface area contributed by atoms with E-state index in [2.05, 4.69) is 5.10 Å². The number of carbonyl (C=O) groups is 1. The molecule has 1 aromatic heterocycles. The molecule has 0 fully saturated rings. The summed E-state index contributed by atoms with van der Waals surface area (Å²) in [7, 11) is 0. The number of unbranched alkanes of at least 4 members (excludes halogenated alkanes) is 1. The molecular weight excluding hydrogens is 539 g/mol. The number of rotatable bonds is 14. The first-order chi connectivity index (χ1) is 19.4. The largest absolute Gasteiger partial charge is 0.476 e. The van der Waals surface area contributed by atoms with Gasteiger partial charge in [0.15, 0.2) is 5.60 Å². The Bertz CT molecular complexity index is 1420. The quantitative estimate of drug-likeness (QED) is 0.197. The molecule has 0 radical (unpaired) electrons. The lowest BCUT2D eigenvalue weighted by Crippen LogP contribution is -2.43. The third-order valence-corrected chi connectivity index (χ3v) is 6.37. The number of ether oxygens (including phenoxy) is 2. The number of carbonyl (C=O) groups excluding carboxylic acids is 1. The third kappa shape index (κ3) is 9.61. The molecule has 0 atom stereocenters. The monoisotopic (exact) mass is 575 g/mol. The minimum atomic E-state index is -4.38. The first-order valence-electron chi connectivity index (χ1n) is 13.7. The maximum absolute atomic E-state index is 13.0. The van der Waals surface area contributed by atoms with E-state index in [1.165, 1.54) is 4.68 Å².